The van der Waals surface area contributed by atoms with Gasteiger partial charge in [-0.25, -0.2) is 0 Å². The number of hydrogen-bond donors (Lipinski definition) is 1. The number of aryl methyl sites for hydroxylation is 1. The third kappa shape index (κ3) is 3.79. The molecule has 3 heteroatoms. The maximum atomic E-state index is 9.09. The number of likely N-dealkylation sites (tertiary alicyclic amines) is 1. The van der Waals surface area contributed by atoms with Gasteiger partial charge in [-0.3, -0.25) is 4.90 Å². The van der Waals surface area contributed by atoms with E-state index in [1.54, 1.807) is 0 Å². The molecule has 3 nitrogen and oxygen atoms in total. The van der Waals surface area contributed by atoms with Crippen LogP contribution in [0.15, 0.2) is 40.8 Å². The Kier molecular flexibility index (Phi) is 4.96. The van der Waals surface area contributed by atoms with Gasteiger partial charge >= 0.3 is 0 Å². The maximum absolute atomic E-state index is 9.09. The van der Waals surface area contributed by atoms with E-state index in [2.05, 4.69) is 36.1 Å². The van der Waals surface area contributed by atoms with Gasteiger partial charge < -0.3 is 9.52 Å². The molecular formula is C19H25NO2. The molecule has 0 radical (unpaired) electrons. The zero-order valence-electron chi connectivity index (χ0n) is 13.3. The van der Waals surface area contributed by atoms with E-state index in [9.17, 15) is 0 Å². The molecule has 1 saturated heterocycles. The molecule has 22 heavy (non-hydrogen) atoms. The van der Waals surface area contributed by atoms with Crippen LogP contribution in [0.5, 0.6) is 0 Å². The molecule has 1 aliphatic heterocycles. The summed E-state index contributed by atoms with van der Waals surface area (Å²) in [6, 6.07) is 12.5. The Morgan fingerprint density at radius 3 is 2.50 bits per heavy atom. The smallest absolute Gasteiger partial charge is 0.118 e. The number of rotatable bonds is 6. The van der Waals surface area contributed by atoms with Crippen molar-refractivity contribution in [1.82, 2.24) is 4.90 Å². The predicted molar refractivity (Wildman–Crippen MR) is 87.5 cm³/mol. The van der Waals surface area contributed by atoms with Crippen molar-refractivity contribution in [2.45, 2.75) is 39.3 Å². The summed E-state index contributed by atoms with van der Waals surface area (Å²) in [4.78, 5) is 2.49. The van der Waals surface area contributed by atoms with Gasteiger partial charge in [0.15, 0.2) is 0 Å². The first-order valence-electron chi connectivity index (χ1n) is 8.25. The minimum Gasteiger partial charge on any atom is -0.465 e. The number of nitrogens with zero attached hydrogens (tertiary/aromatic N) is 1. The van der Waals surface area contributed by atoms with Crippen molar-refractivity contribution < 1.29 is 9.52 Å². The SMILES string of the molecule is CCc1ccc(CN2CCC(Cc3ccc(CO)cc3)C2)o1. The molecule has 0 amide bonds. The normalized spacial score (nSPS) is 18.9. The van der Waals surface area contributed by atoms with Crippen LogP contribution in [0.3, 0.4) is 0 Å². The third-order valence-electron chi connectivity index (χ3n) is 4.55. The van der Waals surface area contributed by atoms with Crippen molar-refractivity contribution in [1.29, 1.82) is 0 Å². The van der Waals surface area contributed by atoms with E-state index < -0.39 is 0 Å². The molecule has 2 heterocycles. The van der Waals surface area contributed by atoms with Crippen molar-refractivity contribution in [2.75, 3.05) is 13.1 Å². The van der Waals surface area contributed by atoms with Crippen LogP contribution >= 0.6 is 0 Å². The Morgan fingerprint density at radius 1 is 1.09 bits per heavy atom. The highest BCUT2D eigenvalue weighted by Crippen LogP contribution is 2.23. The van der Waals surface area contributed by atoms with Crippen LogP contribution in [0.25, 0.3) is 0 Å². The largest absolute Gasteiger partial charge is 0.465 e. The van der Waals surface area contributed by atoms with Crippen LogP contribution in [0.1, 0.15) is 36.0 Å². The first-order valence-corrected chi connectivity index (χ1v) is 8.25. The second-order valence-electron chi connectivity index (χ2n) is 6.29. The highest BCUT2D eigenvalue weighted by molar-refractivity contribution is 5.22. The fourth-order valence-corrected chi connectivity index (χ4v) is 3.25. The Hall–Kier alpha value is -1.58. The van der Waals surface area contributed by atoms with Crippen molar-refractivity contribution in [2.24, 2.45) is 5.92 Å². The number of hydrogen-bond acceptors (Lipinski definition) is 3. The molecule has 1 aromatic heterocycles. The van der Waals surface area contributed by atoms with Gasteiger partial charge in [0.25, 0.3) is 0 Å². The first kappa shape index (κ1) is 15.3. The molecule has 2 aromatic rings. The van der Waals surface area contributed by atoms with Gasteiger partial charge in [-0.15, -0.1) is 0 Å². The number of benzene rings is 1. The van der Waals surface area contributed by atoms with E-state index in [4.69, 9.17) is 9.52 Å². The van der Waals surface area contributed by atoms with Gasteiger partial charge in [-0.05, 0) is 48.6 Å². The molecular weight excluding hydrogens is 274 g/mol. The lowest BCUT2D eigenvalue weighted by molar-refractivity contribution is 0.281. The summed E-state index contributed by atoms with van der Waals surface area (Å²) in [6.45, 7) is 5.47. The summed E-state index contributed by atoms with van der Waals surface area (Å²) >= 11 is 0. The summed E-state index contributed by atoms with van der Waals surface area (Å²) in [5, 5.41) is 9.09. The molecule has 1 aromatic carbocycles. The zero-order valence-corrected chi connectivity index (χ0v) is 13.3. The molecule has 118 valence electrons. The number of aliphatic hydroxyl groups is 1. The average Bonchev–Trinajstić information content (AvgIpc) is 3.18. The third-order valence-corrected chi connectivity index (χ3v) is 4.55. The van der Waals surface area contributed by atoms with E-state index in [1.807, 2.05) is 12.1 Å². The molecule has 3 rings (SSSR count). The molecule has 0 spiro atoms. The summed E-state index contributed by atoms with van der Waals surface area (Å²) < 4.78 is 5.81. The van der Waals surface area contributed by atoms with Crippen molar-refractivity contribution in [3.63, 3.8) is 0 Å². The molecule has 1 fully saturated rings. The Bertz CT molecular complexity index is 588. The van der Waals surface area contributed by atoms with Gasteiger partial charge in [0.2, 0.25) is 0 Å². The fourth-order valence-electron chi connectivity index (χ4n) is 3.25. The molecule has 1 N–H and O–H groups in total. The molecule has 1 atom stereocenters. The van der Waals surface area contributed by atoms with Crippen LogP contribution in [0.2, 0.25) is 0 Å². The quantitative estimate of drug-likeness (QED) is 0.888. The van der Waals surface area contributed by atoms with E-state index >= 15 is 0 Å². The lowest BCUT2D eigenvalue weighted by Crippen LogP contribution is -2.20. The van der Waals surface area contributed by atoms with Crippen molar-refractivity contribution in [3.8, 4) is 0 Å². The number of furan rings is 1. The van der Waals surface area contributed by atoms with Crippen LogP contribution < -0.4 is 0 Å². The highest BCUT2D eigenvalue weighted by Gasteiger charge is 2.23. The minimum atomic E-state index is 0.125. The van der Waals surface area contributed by atoms with E-state index in [-0.39, 0.29) is 6.61 Å². The second-order valence-corrected chi connectivity index (χ2v) is 6.29. The summed E-state index contributed by atoms with van der Waals surface area (Å²) in [6.07, 6.45) is 3.34. The Morgan fingerprint density at radius 2 is 1.82 bits per heavy atom. The van der Waals surface area contributed by atoms with E-state index in [0.29, 0.717) is 0 Å². The Labute approximate surface area is 132 Å². The zero-order chi connectivity index (χ0) is 15.4. The van der Waals surface area contributed by atoms with Crippen LogP contribution in [0.4, 0.5) is 0 Å². The van der Waals surface area contributed by atoms with E-state index in [0.717, 1.165) is 55.5 Å². The van der Waals surface area contributed by atoms with Crippen molar-refractivity contribution in [3.05, 3.63) is 59.0 Å². The molecule has 0 bridgehead atoms. The first-order chi connectivity index (χ1) is 10.8. The van der Waals surface area contributed by atoms with Gasteiger partial charge in [0.1, 0.15) is 11.5 Å². The van der Waals surface area contributed by atoms with Gasteiger partial charge in [0.05, 0.1) is 13.2 Å². The predicted octanol–water partition coefficient (Wildman–Crippen LogP) is 3.40. The topological polar surface area (TPSA) is 36.6 Å². The number of aliphatic hydroxyl groups excluding tert-OH is 1. The van der Waals surface area contributed by atoms with Crippen LogP contribution in [0, 0.1) is 5.92 Å². The van der Waals surface area contributed by atoms with Gasteiger partial charge in [-0.2, -0.15) is 0 Å². The fraction of sp³-hybridized carbons (Fsp3) is 0.474. The van der Waals surface area contributed by atoms with Crippen LogP contribution in [-0.4, -0.2) is 23.1 Å². The van der Waals surface area contributed by atoms with E-state index in [1.165, 1.54) is 12.0 Å². The lowest BCUT2D eigenvalue weighted by Gasteiger charge is -2.14. The minimum absolute atomic E-state index is 0.125. The summed E-state index contributed by atoms with van der Waals surface area (Å²) in [5.41, 5.74) is 2.36. The second kappa shape index (κ2) is 7.12. The van der Waals surface area contributed by atoms with Crippen molar-refractivity contribution >= 4 is 0 Å². The molecule has 0 aliphatic carbocycles. The monoisotopic (exact) mass is 299 g/mol. The van der Waals surface area contributed by atoms with Gasteiger partial charge in [-0.1, -0.05) is 31.2 Å². The molecule has 0 saturated carbocycles. The summed E-state index contributed by atoms with van der Waals surface area (Å²) in [7, 11) is 0. The highest BCUT2D eigenvalue weighted by atomic mass is 16.3. The van der Waals surface area contributed by atoms with Gasteiger partial charge in [0, 0.05) is 13.0 Å². The standard InChI is InChI=1S/C19H25NO2/c1-2-18-7-8-19(22-18)13-20-10-9-17(12-20)11-15-3-5-16(14-21)6-4-15/h3-8,17,21H,2,9-14H2,1H3. The average molecular weight is 299 g/mol. The molecule has 1 unspecified atom stereocenters. The van der Waals surface area contributed by atoms with Crippen LogP contribution in [-0.2, 0) is 26.0 Å². The maximum Gasteiger partial charge on any atom is 0.118 e. The lowest BCUT2D eigenvalue weighted by atomic mass is 9.98. The molecule has 1 aliphatic rings. The Balaban J connectivity index is 1.51. The summed E-state index contributed by atoms with van der Waals surface area (Å²) in [5.74, 6) is 2.89.